The number of hydrogen-bond donors (Lipinski definition) is 1. The van der Waals surface area contributed by atoms with Crippen molar-refractivity contribution in [1.82, 2.24) is 9.62 Å². The molecule has 1 aliphatic heterocycles. The van der Waals surface area contributed by atoms with Gasteiger partial charge in [0.1, 0.15) is 5.75 Å². The highest BCUT2D eigenvalue weighted by Crippen LogP contribution is 2.35. The second-order valence-corrected chi connectivity index (χ2v) is 7.36. The second-order valence-electron chi connectivity index (χ2n) is 5.40. The summed E-state index contributed by atoms with van der Waals surface area (Å²) in [7, 11) is -0.664. The number of carbonyl (C=O) groups is 1. The van der Waals surface area contributed by atoms with Gasteiger partial charge >= 0.3 is 10.2 Å². The molecule has 1 aromatic rings. The molecule has 1 aromatic carbocycles. The number of para-hydroxylation sites is 2. The van der Waals surface area contributed by atoms with Crippen molar-refractivity contribution in [3.05, 3.63) is 24.3 Å². The molecule has 0 spiro atoms. The first-order valence-electron chi connectivity index (χ1n) is 7.63. The number of amides is 1. The van der Waals surface area contributed by atoms with Crippen molar-refractivity contribution in [1.29, 1.82) is 0 Å². The molecule has 1 heterocycles. The summed E-state index contributed by atoms with van der Waals surface area (Å²) in [5.74, 6) is 0.0377. The number of nitrogens with one attached hydrogen (secondary N) is 1. The molecule has 0 saturated heterocycles. The van der Waals surface area contributed by atoms with Crippen LogP contribution in [0.2, 0.25) is 0 Å². The third-order valence-corrected chi connectivity index (χ3v) is 5.65. The van der Waals surface area contributed by atoms with Gasteiger partial charge in [0.25, 0.3) is 5.91 Å². The van der Waals surface area contributed by atoms with Crippen LogP contribution in [0.3, 0.4) is 0 Å². The van der Waals surface area contributed by atoms with Gasteiger partial charge in [0.05, 0.1) is 12.2 Å². The van der Waals surface area contributed by atoms with Crippen LogP contribution >= 0.6 is 0 Å². The summed E-state index contributed by atoms with van der Waals surface area (Å²) < 4.78 is 34.0. The molecule has 2 rings (SSSR count). The monoisotopic (exact) mass is 341 g/mol. The Morgan fingerprint density at radius 2 is 2.13 bits per heavy atom. The molecule has 0 aliphatic carbocycles. The molecule has 0 saturated carbocycles. The number of benzene rings is 1. The molecule has 1 unspecified atom stereocenters. The number of unbranched alkanes of at least 4 members (excludes halogenated alkanes) is 1. The normalized spacial score (nSPS) is 17.6. The zero-order valence-corrected chi connectivity index (χ0v) is 14.5. The topological polar surface area (TPSA) is 79.0 Å². The molecule has 7 nitrogen and oxygen atoms in total. The van der Waals surface area contributed by atoms with Crippen LogP contribution in [0.1, 0.15) is 19.8 Å². The number of hydrogen-bond acceptors (Lipinski definition) is 4. The average Bonchev–Trinajstić information content (AvgIpc) is 2.57. The molecular formula is C15H23N3O4S. The van der Waals surface area contributed by atoms with E-state index in [2.05, 4.69) is 5.32 Å². The van der Waals surface area contributed by atoms with E-state index in [-0.39, 0.29) is 12.5 Å². The van der Waals surface area contributed by atoms with E-state index >= 15 is 0 Å². The van der Waals surface area contributed by atoms with Crippen LogP contribution in [0.5, 0.6) is 5.75 Å². The highest BCUT2D eigenvalue weighted by molar-refractivity contribution is 7.90. The van der Waals surface area contributed by atoms with Gasteiger partial charge in [-0.25, -0.2) is 4.31 Å². The largest absolute Gasteiger partial charge is 0.476 e. The quantitative estimate of drug-likeness (QED) is 0.836. The van der Waals surface area contributed by atoms with Gasteiger partial charge < -0.3 is 10.1 Å². The van der Waals surface area contributed by atoms with Crippen molar-refractivity contribution in [2.45, 2.75) is 25.9 Å². The summed E-state index contributed by atoms with van der Waals surface area (Å²) >= 11 is 0. The zero-order valence-electron chi connectivity index (χ0n) is 13.7. The summed E-state index contributed by atoms with van der Waals surface area (Å²) in [6.07, 6.45) is 0.810. The number of likely N-dealkylation sites (N-methyl/N-ethyl adjacent to an activating group) is 1. The number of carbonyl (C=O) groups excluding carboxylic acids is 1. The lowest BCUT2D eigenvalue weighted by molar-refractivity contribution is -0.127. The number of ether oxygens (including phenoxy) is 1. The Morgan fingerprint density at radius 3 is 2.78 bits per heavy atom. The SMILES string of the molecule is CCCCN(C)S(=O)(=O)N1CC(C(=O)NC)Oc2ccccc21. The van der Waals surface area contributed by atoms with Gasteiger partial charge in [-0.2, -0.15) is 12.7 Å². The Kier molecular flexibility index (Phi) is 5.48. The van der Waals surface area contributed by atoms with Crippen LogP contribution in [-0.4, -0.2) is 51.9 Å². The van der Waals surface area contributed by atoms with Gasteiger partial charge in [-0.3, -0.25) is 4.79 Å². The van der Waals surface area contributed by atoms with Crippen molar-refractivity contribution in [2.24, 2.45) is 0 Å². The van der Waals surface area contributed by atoms with E-state index in [4.69, 9.17) is 4.74 Å². The van der Waals surface area contributed by atoms with Crippen molar-refractivity contribution in [3.63, 3.8) is 0 Å². The highest BCUT2D eigenvalue weighted by atomic mass is 32.2. The standard InChI is InChI=1S/C15H23N3O4S/c1-4-5-10-17(3)23(20,21)18-11-14(15(19)16-2)22-13-9-7-6-8-12(13)18/h6-9,14H,4-5,10-11H2,1-3H3,(H,16,19). The molecule has 0 aromatic heterocycles. The second kappa shape index (κ2) is 7.18. The predicted molar refractivity (Wildman–Crippen MR) is 88.7 cm³/mol. The maximum absolute atomic E-state index is 12.9. The van der Waals surface area contributed by atoms with Gasteiger partial charge in [0.15, 0.2) is 6.10 Å². The number of rotatable bonds is 6. The first-order chi connectivity index (χ1) is 10.9. The van der Waals surface area contributed by atoms with Crippen molar-refractivity contribution >= 4 is 21.8 Å². The lowest BCUT2D eigenvalue weighted by Crippen LogP contribution is -2.53. The molecule has 1 N–H and O–H groups in total. The maximum atomic E-state index is 12.9. The van der Waals surface area contributed by atoms with Crippen LogP contribution < -0.4 is 14.4 Å². The van der Waals surface area contributed by atoms with Crippen molar-refractivity contribution in [2.75, 3.05) is 31.5 Å². The van der Waals surface area contributed by atoms with Crippen LogP contribution in [0, 0.1) is 0 Å². The molecule has 23 heavy (non-hydrogen) atoms. The number of fused-ring (bicyclic) bond motifs is 1. The minimum absolute atomic E-state index is 0.0461. The van der Waals surface area contributed by atoms with Crippen molar-refractivity contribution < 1.29 is 17.9 Å². The van der Waals surface area contributed by atoms with E-state index in [1.807, 2.05) is 6.92 Å². The summed E-state index contributed by atoms with van der Waals surface area (Å²) in [5, 5.41) is 2.50. The highest BCUT2D eigenvalue weighted by Gasteiger charge is 2.37. The van der Waals surface area contributed by atoms with E-state index in [0.717, 1.165) is 12.8 Å². The Hall–Kier alpha value is -1.80. The number of anilines is 1. The summed E-state index contributed by atoms with van der Waals surface area (Å²) in [6, 6.07) is 6.84. The molecule has 1 amide bonds. The number of nitrogens with zero attached hydrogens (tertiary/aromatic N) is 2. The predicted octanol–water partition coefficient (Wildman–Crippen LogP) is 0.977. The minimum atomic E-state index is -3.72. The van der Waals surface area contributed by atoms with E-state index in [0.29, 0.717) is 18.0 Å². The van der Waals surface area contributed by atoms with Crippen LogP contribution in [0.15, 0.2) is 24.3 Å². The molecule has 1 atom stereocenters. The molecular weight excluding hydrogens is 318 g/mol. The minimum Gasteiger partial charge on any atom is -0.476 e. The van der Waals surface area contributed by atoms with E-state index < -0.39 is 16.3 Å². The van der Waals surface area contributed by atoms with E-state index in [1.165, 1.54) is 15.7 Å². The zero-order chi connectivity index (χ0) is 17.0. The van der Waals surface area contributed by atoms with E-state index in [9.17, 15) is 13.2 Å². The first-order valence-corrected chi connectivity index (χ1v) is 9.02. The Balaban J connectivity index is 2.37. The fourth-order valence-electron chi connectivity index (χ4n) is 2.38. The lowest BCUT2D eigenvalue weighted by atomic mass is 10.2. The Morgan fingerprint density at radius 1 is 1.43 bits per heavy atom. The van der Waals surface area contributed by atoms with Gasteiger partial charge in [-0.15, -0.1) is 0 Å². The third kappa shape index (κ3) is 3.59. The van der Waals surface area contributed by atoms with E-state index in [1.54, 1.807) is 31.3 Å². The van der Waals surface area contributed by atoms with Crippen LogP contribution in [0.25, 0.3) is 0 Å². The maximum Gasteiger partial charge on any atom is 0.304 e. The first kappa shape index (κ1) is 17.6. The van der Waals surface area contributed by atoms with Crippen molar-refractivity contribution in [3.8, 4) is 5.75 Å². The molecule has 8 heteroatoms. The van der Waals surface area contributed by atoms with Crippen LogP contribution in [0.4, 0.5) is 5.69 Å². The van der Waals surface area contributed by atoms with Crippen LogP contribution in [-0.2, 0) is 15.0 Å². The molecule has 0 radical (unpaired) electrons. The van der Waals surface area contributed by atoms with Gasteiger partial charge in [-0.05, 0) is 18.6 Å². The fraction of sp³-hybridized carbons (Fsp3) is 0.533. The van der Waals surface area contributed by atoms with Gasteiger partial charge in [0.2, 0.25) is 0 Å². The third-order valence-electron chi connectivity index (χ3n) is 3.77. The lowest BCUT2D eigenvalue weighted by Gasteiger charge is -2.36. The molecule has 128 valence electrons. The molecule has 0 fully saturated rings. The smallest absolute Gasteiger partial charge is 0.304 e. The average molecular weight is 341 g/mol. The summed E-state index contributed by atoms with van der Waals surface area (Å²) in [6.45, 7) is 2.39. The van der Waals surface area contributed by atoms with Gasteiger partial charge in [0, 0.05) is 20.6 Å². The molecule has 1 aliphatic rings. The summed E-state index contributed by atoms with van der Waals surface area (Å²) in [4.78, 5) is 11.9. The van der Waals surface area contributed by atoms with Gasteiger partial charge in [-0.1, -0.05) is 25.5 Å². The molecule has 0 bridgehead atoms. The summed E-state index contributed by atoms with van der Waals surface area (Å²) in [5.41, 5.74) is 0.455. The fourth-order valence-corrected chi connectivity index (χ4v) is 3.80. The Labute approximate surface area is 137 Å². The Bertz CT molecular complexity index is 662.